The van der Waals surface area contributed by atoms with Crippen molar-refractivity contribution in [3.05, 3.63) is 29.8 Å². The van der Waals surface area contributed by atoms with E-state index >= 15 is 0 Å². The summed E-state index contributed by atoms with van der Waals surface area (Å²) in [5.74, 6) is 1.38. The van der Waals surface area contributed by atoms with Crippen LogP contribution in [0.4, 0.5) is 0 Å². The molecule has 100 valence electrons. The van der Waals surface area contributed by atoms with Crippen LogP contribution in [0.1, 0.15) is 38.8 Å². The lowest BCUT2D eigenvalue weighted by Gasteiger charge is -2.27. The molecule has 0 aliphatic carbocycles. The lowest BCUT2D eigenvalue weighted by molar-refractivity contribution is -0.132. The molecule has 0 bridgehead atoms. The molecule has 0 spiro atoms. The lowest BCUT2D eigenvalue weighted by atomic mass is 10.0. The van der Waals surface area contributed by atoms with Crippen molar-refractivity contribution >= 4 is 5.91 Å². The first-order chi connectivity index (χ1) is 8.47. The lowest BCUT2D eigenvalue weighted by Crippen LogP contribution is -2.30. The van der Waals surface area contributed by atoms with Gasteiger partial charge in [0.25, 0.3) is 0 Å². The molecule has 0 aliphatic rings. The fourth-order valence-electron chi connectivity index (χ4n) is 1.93. The first-order valence-electron chi connectivity index (χ1n) is 6.36. The zero-order valence-electron chi connectivity index (χ0n) is 11.9. The molecule has 1 unspecified atom stereocenters. The third-order valence-corrected chi connectivity index (χ3v) is 3.15. The van der Waals surface area contributed by atoms with Crippen LogP contribution in [0, 0.1) is 5.92 Å². The summed E-state index contributed by atoms with van der Waals surface area (Å²) in [6, 6.07) is 7.85. The molecule has 18 heavy (non-hydrogen) atoms. The average Bonchev–Trinajstić information content (AvgIpc) is 2.36. The van der Waals surface area contributed by atoms with Crippen LogP contribution in [0.15, 0.2) is 24.3 Å². The highest BCUT2D eigenvalue weighted by Gasteiger charge is 2.20. The monoisotopic (exact) mass is 249 g/mol. The predicted molar refractivity (Wildman–Crippen MR) is 73.6 cm³/mol. The van der Waals surface area contributed by atoms with Crippen molar-refractivity contribution < 1.29 is 9.53 Å². The molecule has 0 saturated heterocycles. The molecule has 1 rings (SSSR count). The van der Waals surface area contributed by atoms with Gasteiger partial charge in [0, 0.05) is 19.0 Å². The SMILES string of the molecule is COc1ccccc1C(C)N(C)C(=O)CC(C)C. The minimum atomic E-state index is 0.0207. The van der Waals surface area contributed by atoms with E-state index in [2.05, 4.69) is 13.8 Å². The number of nitrogens with zero attached hydrogens (tertiary/aromatic N) is 1. The van der Waals surface area contributed by atoms with Gasteiger partial charge in [0.2, 0.25) is 5.91 Å². The molecule has 3 heteroatoms. The molecule has 1 aromatic carbocycles. The zero-order chi connectivity index (χ0) is 13.7. The van der Waals surface area contributed by atoms with Gasteiger partial charge in [-0.25, -0.2) is 0 Å². The van der Waals surface area contributed by atoms with Crippen LogP contribution >= 0.6 is 0 Å². The second-order valence-corrected chi connectivity index (χ2v) is 5.02. The van der Waals surface area contributed by atoms with Gasteiger partial charge in [-0.15, -0.1) is 0 Å². The van der Waals surface area contributed by atoms with Crippen LogP contribution in [0.2, 0.25) is 0 Å². The summed E-state index contributed by atoms with van der Waals surface area (Å²) in [7, 11) is 3.50. The highest BCUT2D eigenvalue weighted by atomic mass is 16.5. The number of rotatable bonds is 5. The van der Waals surface area contributed by atoms with Gasteiger partial charge < -0.3 is 9.64 Å². The van der Waals surface area contributed by atoms with Gasteiger partial charge in [0.15, 0.2) is 0 Å². The number of carbonyl (C=O) groups is 1. The van der Waals surface area contributed by atoms with Crippen LogP contribution in [-0.2, 0) is 4.79 Å². The number of hydrogen-bond acceptors (Lipinski definition) is 2. The largest absolute Gasteiger partial charge is 0.496 e. The number of methoxy groups -OCH3 is 1. The fraction of sp³-hybridized carbons (Fsp3) is 0.533. The van der Waals surface area contributed by atoms with E-state index in [1.54, 1.807) is 12.0 Å². The van der Waals surface area contributed by atoms with Gasteiger partial charge in [-0.2, -0.15) is 0 Å². The van der Waals surface area contributed by atoms with Crippen molar-refractivity contribution in [2.24, 2.45) is 5.92 Å². The summed E-state index contributed by atoms with van der Waals surface area (Å²) in [5, 5.41) is 0. The van der Waals surface area contributed by atoms with E-state index in [0.29, 0.717) is 12.3 Å². The molecule has 1 amide bonds. The van der Waals surface area contributed by atoms with Crippen molar-refractivity contribution in [3.8, 4) is 5.75 Å². The highest BCUT2D eigenvalue weighted by Crippen LogP contribution is 2.28. The molecule has 3 nitrogen and oxygen atoms in total. The summed E-state index contributed by atoms with van der Waals surface area (Å²) >= 11 is 0. The second kappa shape index (κ2) is 6.43. The molecular formula is C15H23NO2. The van der Waals surface area contributed by atoms with E-state index in [1.165, 1.54) is 0 Å². The van der Waals surface area contributed by atoms with E-state index < -0.39 is 0 Å². The van der Waals surface area contributed by atoms with Crippen LogP contribution < -0.4 is 4.74 Å². The molecule has 0 heterocycles. The van der Waals surface area contributed by atoms with Crippen molar-refractivity contribution in [2.45, 2.75) is 33.2 Å². The Balaban J connectivity index is 2.85. The Kier molecular flexibility index (Phi) is 5.20. The summed E-state index contributed by atoms with van der Waals surface area (Å²) in [6.07, 6.45) is 0.579. The molecule has 0 N–H and O–H groups in total. The normalized spacial score (nSPS) is 12.3. The second-order valence-electron chi connectivity index (χ2n) is 5.02. The molecule has 1 aromatic rings. The number of ether oxygens (including phenoxy) is 1. The number of benzene rings is 1. The third kappa shape index (κ3) is 3.49. The zero-order valence-corrected chi connectivity index (χ0v) is 11.9. The number of carbonyl (C=O) groups excluding carboxylic acids is 1. The van der Waals surface area contributed by atoms with Crippen LogP contribution in [0.3, 0.4) is 0 Å². The quantitative estimate of drug-likeness (QED) is 0.801. The van der Waals surface area contributed by atoms with Crippen molar-refractivity contribution in [2.75, 3.05) is 14.2 Å². The standard InChI is InChI=1S/C15H23NO2/c1-11(2)10-15(17)16(4)12(3)13-8-6-7-9-14(13)18-5/h6-9,11-12H,10H2,1-5H3. The number of para-hydroxylation sites is 1. The minimum Gasteiger partial charge on any atom is -0.496 e. The Hall–Kier alpha value is -1.51. The molecule has 0 radical (unpaired) electrons. The van der Waals surface area contributed by atoms with Crippen molar-refractivity contribution in [1.82, 2.24) is 4.90 Å². The van der Waals surface area contributed by atoms with E-state index in [9.17, 15) is 4.79 Å². The molecular weight excluding hydrogens is 226 g/mol. The highest BCUT2D eigenvalue weighted by molar-refractivity contribution is 5.76. The molecule has 0 fully saturated rings. The topological polar surface area (TPSA) is 29.5 Å². The molecule has 1 atom stereocenters. The van der Waals surface area contributed by atoms with Gasteiger partial charge >= 0.3 is 0 Å². The van der Waals surface area contributed by atoms with Gasteiger partial charge in [0.05, 0.1) is 13.2 Å². The van der Waals surface area contributed by atoms with Crippen LogP contribution in [0.5, 0.6) is 5.75 Å². The van der Waals surface area contributed by atoms with Gasteiger partial charge in [-0.1, -0.05) is 32.0 Å². The first kappa shape index (κ1) is 14.6. The molecule has 0 aromatic heterocycles. The Labute approximate surface area is 110 Å². The summed E-state index contributed by atoms with van der Waals surface area (Å²) in [6.45, 7) is 6.13. The Bertz CT molecular complexity index is 401. The Morgan fingerprint density at radius 1 is 1.28 bits per heavy atom. The van der Waals surface area contributed by atoms with Crippen molar-refractivity contribution in [1.29, 1.82) is 0 Å². The summed E-state index contributed by atoms with van der Waals surface area (Å²) < 4.78 is 5.34. The maximum absolute atomic E-state index is 12.1. The van der Waals surface area contributed by atoms with Crippen LogP contribution in [0.25, 0.3) is 0 Å². The smallest absolute Gasteiger partial charge is 0.223 e. The summed E-state index contributed by atoms with van der Waals surface area (Å²) in [4.78, 5) is 13.8. The van der Waals surface area contributed by atoms with Gasteiger partial charge in [-0.3, -0.25) is 4.79 Å². The molecule has 0 saturated carbocycles. The third-order valence-electron chi connectivity index (χ3n) is 3.15. The maximum atomic E-state index is 12.1. The Morgan fingerprint density at radius 3 is 2.44 bits per heavy atom. The first-order valence-corrected chi connectivity index (χ1v) is 6.36. The van der Waals surface area contributed by atoms with E-state index in [0.717, 1.165) is 11.3 Å². The number of hydrogen-bond donors (Lipinski definition) is 0. The average molecular weight is 249 g/mol. The summed E-state index contributed by atoms with van der Waals surface area (Å²) in [5.41, 5.74) is 1.04. The van der Waals surface area contributed by atoms with Gasteiger partial charge in [-0.05, 0) is 18.9 Å². The molecule has 0 aliphatic heterocycles. The van der Waals surface area contributed by atoms with E-state index in [1.807, 2.05) is 38.2 Å². The Morgan fingerprint density at radius 2 is 1.89 bits per heavy atom. The van der Waals surface area contributed by atoms with Crippen LogP contribution in [-0.4, -0.2) is 25.0 Å². The van der Waals surface area contributed by atoms with Crippen molar-refractivity contribution in [3.63, 3.8) is 0 Å². The predicted octanol–water partition coefficient (Wildman–Crippen LogP) is 3.26. The number of amides is 1. The fourth-order valence-corrected chi connectivity index (χ4v) is 1.93. The maximum Gasteiger partial charge on any atom is 0.223 e. The van der Waals surface area contributed by atoms with E-state index in [-0.39, 0.29) is 11.9 Å². The van der Waals surface area contributed by atoms with Gasteiger partial charge in [0.1, 0.15) is 5.75 Å². The van der Waals surface area contributed by atoms with E-state index in [4.69, 9.17) is 4.74 Å². The minimum absolute atomic E-state index is 0.0207.